The second-order valence-electron chi connectivity index (χ2n) is 6.51. The number of rotatable bonds is 8. The molecule has 0 radical (unpaired) electrons. The van der Waals surface area contributed by atoms with Crippen molar-refractivity contribution in [3.8, 4) is 5.75 Å². The van der Waals surface area contributed by atoms with Crippen LogP contribution in [0.1, 0.15) is 59.8 Å². The lowest BCUT2D eigenvalue weighted by molar-refractivity contribution is -0.121. The van der Waals surface area contributed by atoms with Crippen LogP contribution < -0.4 is 10.1 Å². The smallest absolute Gasteiger partial charge is 0.220 e. The van der Waals surface area contributed by atoms with E-state index in [-0.39, 0.29) is 30.6 Å². The van der Waals surface area contributed by atoms with Crippen molar-refractivity contribution in [2.75, 3.05) is 7.11 Å². The molecule has 0 aromatic heterocycles. The molecule has 0 aliphatic heterocycles. The van der Waals surface area contributed by atoms with E-state index in [9.17, 15) is 9.59 Å². The number of amides is 1. The van der Waals surface area contributed by atoms with Crippen LogP contribution in [0.25, 0.3) is 0 Å². The number of hydrogen-bond donors (Lipinski definition) is 1. The molecule has 0 heterocycles. The molecule has 1 atom stereocenters. The first kappa shape index (κ1) is 19.7. The summed E-state index contributed by atoms with van der Waals surface area (Å²) in [6, 6.07) is 13.6. The fourth-order valence-corrected chi connectivity index (χ4v) is 2.84. The highest BCUT2D eigenvalue weighted by Gasteiger charge is 2.15. The summed E-state index contributed by atoms with van der Waals surface area (Å²) in [6.07, 6.45) is 1.31. The fourth-order valence-electron chi connectivity index (χ4n) is 2.84. The van der Waals surface area contributed by atoms with Gasteiger partial charge in [0.05, 0.1) is 18.7 Å². The molecule has 0 fully saturated rings. The molecule has 0 spiro atoms. The van der Waals surface area contributed by atoms with E-state index in [1.165, 1.54) is 5.56 Å². The van der Waals surface area contributed by atoms with Crippen LogP contribution in [-0.2, 0) is 11.2 Å². The van der Waals surface area contributed by atoms with Crippen molar-refractivity contribution in [2.24, 2.45) is 0 Å². The predicted molar refractivity (Wildman–Crippen MR) is 104 cm³/mol. The Bertz CT molecular complexity index is 765. The summed E-state index contributed by atoms with van der Waals surface area (Å²) in [6.45, 7) is 5.99. The van der Waals surface area contributed by atoms with Gasteiger partial charge in [0.1, 0.15) is 5.75 Å². The number of carbonyl (C=O) groups is 2. The predicted octanol–water partition coefficient (Wildman–Crippen LogP) is 4.41. The van der Waals surface area contributed by atoms with Gasteiger partial charge in [-0.25, -0.2) is 0 Å². The van der Waals surface area contributed by atoms with Crippen LogP contribution in [0, 0.1) is 6.92 Å². The molecule has 0 aliphatic carbocycles. The number of aryl methyl sites for hydroxylation is 2. The summed E-state index contributed by atoms with van der Waals surface area (Å²) >= 11 is 0. The van der Waals surface area contributed by atoms with E-state index in [4.69, 9.17) is 4.74 Å². The van der Waals surface area contributed by atoms with Gasteiger partial charge in [0.2, 0.25) is 5.91 Å². The van der Waals surface area contributed by atoms with E-state index in [1.807, 2.05) is 32.0 Å². The molecule has 138 valence electrons. The van der Waals surface area contributed by atoms with Crippen molar-refractivity contribution in [1.82, 2.24) is 5.32 Å². The van der Waals surface area contributed by atoms with Crippen LogP contribution in [0.5, 0.6) is 5.75 Å². The van der Waals surface area contributed by atoms with Crippen molar-refractivity contribution in [1.29, 1.82) is 0 Å². The molecule has 0 saturated heterocycles. The van der Waals surface area contributed by atoms with E-state index in [0.29, 0.717) is 11.3 Å². The maximum Gasteiger partial charge on any atom is 0.220 e. The van der Waals surface area contributed by atoms with Crippen LogP contribution in [0.4, 0.5) is 0 Å². The minimum Gasteiger partial charge on any atom is -0.496 e. The molecule has 0 aliphatic rings. The molecule has 0 bridgehead atoms. The largest absolute Gasteiger partial charge is 0.496 e. The van der Waals surface area contributed by atoms with Crippen molar-refractivity contribution in [3.63, 3.8) is 0 Å². The number of ether oxygens (including phenoxy) is 1. The number of ketones is 1. The van der Waals surface area contributed by atoms with E-state index >= 15 is 0 Å². The summed E-state index contributed by atoms with van der Waals surface area (Å²) in [4.78, 5) is 24.7. The van der Waals surface area contributed by atoms with Crippen LogP contribution in [0.3, 0.4) is 0 Å². The molecule has 0 saturated carbocycles. The number of methoxy groups -OCH3 is 1. The van der Waals surface area contributed by atoms with Gasteiger partial charge >= 0.3 is 0 Å². The molecule has 2 aromatic carbocycles. The Kier molecular flexibility index (Phi) is 6.96. The third-order valence-corrected chi connectivity index (χ3v) is 4.50. The Morgan fingerprint density at radius 2 is 1.77 bits per heavy atom. The lowest BCUT2D eigenvalue weighted by Gasteiger charge is -2.15. The number of Topliss-reactive ketones (excluding diaryl/α,β-unsaturated/α-hetero) is 1. The lowest BCUT2D eigenvalue weighted by atomic mass is 10.0. The van der Waals surface area contributed by atoms with Gasteiger partial charge < -0.3 is 10.1 Å². The monoisotopic (exact) mass is 353 g/mol. The first-order chi connectivity index (χ1) is 12.4. The van der Waals surface area contributed by atoms with Crippen LogP contribution >= 0.6 is 0 Å². The topological polar surface area (TPSA) is 55.4 Å². The third kappa shape index (κ3) is 5.19. The van der Waals surface area contributed by atoms with Crippen LogP contribution in [0.15, 0.2) is 42.5 Å². The van der Waals surface area contributed by atoms with Gasteiger partial charge in [-0.05, 0) is 43.5 Å². The van der Waals surface area contributed by atoms with Gasteiger partial charge in [-0.3, -0.25) is 9.59 Å². The molecule has 2 rings (SSSR count). The molecule has 1 unspecified atom stereocenters. The molecule has 1 N–H and O–H groups in total. The second-order valence-corrected chi connectivity index (χ2v) is 6.51. The molecule has 4 heteroatoms. The average molecular weight is 353 g/mol. The number of nitrogens with one attached hydrogen (secondary N) is 1. The first-order valence-corrected chi connectivity index (χ1v) is 9.00. The lowest BCUT2D eigenvalue weighted by Crippen LogP contribution is -2.27. The quantitative estimate of drug-likeness (QED) is 0.715. The fraction of sp³-hybridized carbons (Fsp3) is 0.364. The molecular weight excluding hydrogens is 326 g/mol. The van der Waals surface area contributed by atoms with E-state index in [2.05, 4.69) is 24.4 Å². The van der Waals surface area contributed by atoms with E-state index < -0.39 is 0 Å². The summed E-state index contributed by atoms with van der Waals surface area (Å²) in [5.74, 6) is 0.336. The van der Waals surface area contributed by atoms with Gasteiger partial charge in [0.15, 0.2) is 5.78 Å². The third-order valence-electron chi connectivity index (χ3n) is 4.50. The molecule has 26 heavy (non-hydrogen) atoms. The SMILES string of the molecule is CCc1ccc(C(C)NC(=O)CCC(=O)c2cc(C)ccc2OC)cc1. The minimum atomic E-state index is -0.128. The van der Waals surface area contributed by atoms with E-state index in [0.717, 1.165) is 17.5 Å². The van der Waals surface area contributed by atoms with Crippen molar-refractivity contribution in [2.45, 2.75) is 46.1 Å². The van der Waals surface area contributed by atoms with Gasteiger partial charge in [-0.15, -0.1) is 0 Å². The molecule has 1 amide bonds. The highest BCUT2D eigenvalue weighted by Crippen LogP contribution is 2.22. The normalized spacial score (nSPS) is 11.7. The number of hydrogen-bond acceptors (Lipinski definition) is 3. The zero-order valence-corrected chi connectivity index (χ0v) is 16.0. The number of carbonyl (C=O) groups excluding carboxylic acids is 2. The average Bonchev–Trinajstić information content (AvgIpc) is 2.66. The molecule has 2 aromatic rings. The van der Waals surface area contributed by atoms with Gasteiger partial charge in [-0.1, -0.05) is 42.8 Å². The van der Waals surface area contributed by atoms with Crippen LogP contribution in [-0.4, -0.2) is 18.8 Å². The second kappa shape index (κ2) is 9.18. The van der Waals surface area contributed by atoms with Gasteiger partial charge in [0, 0.05) is 12.8 Å². The van der Waals surface area contributed by atoms with Gasteiger partial charge in [0.25, 0.3) is 0 Å². The summed E-state index contributed by atoms with van der Waals surface area (Å²) < 4.78 is 5.25. The summed E-state index contributed by atoms with van der Waals surface area (Å²) in [5, 5.41) is 2.96. The van der Waals surface area contributed by atoms with Crippen LogP contribution in [0.2, 0.25) is 0 Å². The highest BCUT2D eigenvalue weighted by molar-refractivity contribution is 6.00. The zero-order chi connectivity index (χ0) is 19.1. The maximum absolute atomic E-state index is 12.4. The standard InChI is InChI=1S/C22H27NO3/c1-5-17-7-9-18(10-8-17)16(3)23-22(25)13-11-20(24)19-14-15(2)6-12-21(19)26-4/h6-10,12,14,16H,5,11,13H2,1-4H3,(H,23,25). The summed E-state index contributed by atoms with van der Waals surface area (Å²) in [5.41, 5.74) is 3.85. The highest BCUT2D eigenvalue weighted by atomic mass is 16.5. The Hall–Kier alpha value is -2.62. The van der Waals surface area contributed by atoms with Crippen molar-refractivity contribution in [3.05, 3.63) is 64.7 Å². The van der Waals surface area contributed by atoms with E-state index in [1.54, 1.807) is 19.2 Å². The minimum absolute atomic E-state index is 0.0827. The Morgan fingerprint density at radius 1 is 1.08 bits per heavy atom. The molecule has 4 nitrogen and oxygen atoms in total. The van der Waals surface area contributed by atoms with Gasteiger partial charge in [-0.2, -0.15) is 0 Å². The number of benzene rings is 2. The first-order valence-electron chi connectivity index (χ1n) is 9.00. The zero-order valence-electron chi connectivity index (χ0n) is 16.0. The maximum atomic E-state index is 12.4. The Labute approximate surface area is 155 Å². The van der Waals surface area contributed by atoms with Crippen molar-refractivity contribution < 1.29 is 14.3 Å². The Balaban J connectivity index is 1.91. The Morgan fingerprint density at radius 3 is 2.38 bits per heavy atom. The van der Waals surface area contributed by atoms with Crippen molar-refractivity contribution >= 4 is 11.7 Å². The summed E-state index contributed by atoms with van der Waals surface area (Å²) in [7, 11) is 1.54. The molecular formula is C22H27NO3.